The number of Topliss-reactive ketones (excluding diaryl/α,β-unsaturated/α-hetero) is 1. The Morgan fingerprint density at radius 1 is 1.11 bits per heavy atom. The maximum Gasteiger partial charge on any atom is 0.167 e. The molecule has 0 aliphatic heterocycles. The van der Waals surface area contributed by atoms with E-state index in [9.17, 15) is 4.79 Å². The lowest BCUT2D eigenvalue weighted by atomic mass is 10.0. The summed E-state index contributed by atoms with van der Waals surface area (Å²) in [7, 11) is 0. The van der Waals surface area contributed by atoms with Crippen molar-refractivity contribution in [3.63, 3.8) is 0 Å². The molecule has 18 heavy (non-hydrogen) atoms. The highest BCUT2D eigenvalue weighted by molar-refractivity contribution is 6.42. The minimum atomic E-state index is 0.0443. The summed E-state index contributed by atoms with van der Waals surface area (Å²) in [6.45, 7) is 1.96. The number of carbonyl (C=O) groups is 1. The van der Waals surface area contributed by atoms with E-state index >= 15 is 0 Å². The highest BCUT2D eigenvalue weighted by atomic mass is 35.5. The highest BCUT2D eigenvalue weighted by Crippen LogP contribution is 2.26. The van der Waals surface area contributed by atoms with E-state index in [1.165, 1.54) is 0 Å². The second-order valence-electron chi connectivity index (χ2n) is 4.18. The van der Waals surface area contributed by atoms with Crippen LogP contribution in [0.25, 0.3) is 0 Å². The second-order valence-corrected chi connectivity index (χ2v) is 4.97. The Morgan fingerprint density at radius 2 is 1.83 bits per heavy atom. The van der Waals surface area contributed by atoms with Crippen molar-refractivity contribution in [2.75, 3.05) is 0 Å². The molecule has 1 nitrogen and oxygen atoms in total. The van der Waals surface area contributed by atoms with Crippen molar-refractivity contribution in [2.24, 2.45) is 0 Å². The molecule has 0 saturated heterocycles. The fourth-order valence-corrected chi connectivity index (χ4v) is 2.17. The summed E-state index contributed by atoms with van der Waals surface area (Å²) in [6.07, 6.45) is 0.267. The molecular formula is C15H12Cl2O. The number of halogens is 2. The van der Waals surface area contributed by atoms with E-state index in [-0.39, 0.29) is 12.2 Å². The lowest BCUT2D eigenvalue weighted by molar-refractivity contribution is 0.0993. The highest BCUT2D eigenvalue weighted by Gasteiger charge is 2.11. The van der Waals surface area contributed by atoms with Gasteiger partial charge in [-0.05, 0) is 24.6 Å². The van der Waals surface area contributed by atoms with Gasteiger partial charge in [-0.3, -0.25) is 4.79 Å². The van der Waals surface area contributed by atoms with Crippen LogP contribution >= 0.6 is 23.2 Å². The van der Waals surface area contributed by atoms with Gasteiger partial charge < -0.3 is 0 Å². The maximum absolute atomic E-state index is 12.1. The van der Waals surface area contributed by atoms with E-state index in [1.54, 1.807) is 12.1 Å². The predicted molar refractivity (Wildman–Crippen MR) is 75.7 cm³/mol. The van der Waals surface area contributed by atoms with Gasteiger partial charge in [0, 0.05) is 12.0 Å². The van der Waals surface area contributed by atoms with Gasteiger partial charge in [0.15, 0.2) is 5.78 Å². The molecule has 92 valence electrons. The van der Waals surface area contributed by atoms with Crippen molar-refractivity contribution in [3.05, 3.63) is 69.2 Å². The van der Waals surface area contributed by atoms with Gasteiger partial charge in [0.25, 0.3) is 0 Å². The quantitative estimate of drug-likeness (QED) is 0.742. The molecule has 3 heteroatoms. The Bertz CT molecular complexity index is 591. The van der Waals surface area contributed by atoms with Crippen molar-refractivity contribution in [2.45, 2.75) is 13.3 Å². The molecule has 0 unspecified atom stereocenters. The molecule has 0 spiro atoms. The average Bonchev–Trinajstić information content (AvgIpc) is 2.35. The molecule has 0 radical (unpaired) electrons. The van der Waals surface area contributed by atoms with Gasteiger partial charge in [-0.1, -0.05) is 59.1 Å². The standard InChI is InChI=1S/C15H12Cl2O/c1-10-4-2-5-11(8-10)14(18)9-12-6-3-7-13(16)15(12)17/h2-8H,9H2,1H3. The fourth-order valence-electron chi connectivity index (χ4n) is 1.78. The van der Waals surface area contributed by atoms with Crippen LogP contribution in [0.15, 0.2) is 42.5 Å². The first-order valence-corrected chi connectivity index (χ1v) is 6.36. The molecule has 0 aliphatic carbocycles. The Hall–Kier alpha value is -1.31. The van der Waals surface area contributed by atoms with E-state index in [0.29, 0.717) is 15.6 Å². The van der Waals surface area contributed by atoms with Gasteiger partial charge in [-0.15, -0.1) is 0 Å². The zero-order valence-corrected chi connectivity index (χ0v) is 11.4. The van der Waals surface area contributed by atoms with Crippen LogP contribution in [-0.2, 0) is 6.42 Å². The summed E-state index contributed by atoms with van der Waals surface area (Å²) in [6, 6.07) is 12.9. The molecule has 0 bridgehead atoms. The van der Waals surface area contributed by atoms with E-state index in [1.807, 2.05) is 37.3 Å². The molecule has 2 rings (SSSR count). The summed E-state index contributed by atoms with van der Waals surface area (Å²) in [5, 5.41) is 0.936. The normalized spacial score (nSPS) is 10.4. The van der Waals surface area contributed by atoms with Crippen LogP contribution in [0.4, 0.5) is 0 Å². The third kappa shape index (κ3) is 2.92. The van der Waals surface area contributed by atoms with Crippen molar-refractivity contribution in [1.29, 1.82) is 0 Å². The first-order chi connectivity index (χ1) is 8.58. The maximum atomic E-state index is 12.1. The van der Waals surface area contributed by atoms with Crippen molar-refractivity contribution in [1.82, 2.24) is 0 Å². The van der Waals surface area contributed by atoms with Crippen LogP contribution in [0, 0.1) is 6.92 Å². The molecule has 0 amide bonds. The van der Waals surface area contributed by atoms with E-state index in [4.69, 9.17) is 23.2 Å². The number of hydrogen-bond donors (Lipinski definition) is 0. The number of ketones is 1. The summed E-state index contributed by atoms with van der Waals surface area (Å²) in [5.74, 6) is 0.0443. The summed E-state index contributed by atoms with van der Waals surface area (Å²) < 4.78 is 0. The van der Waals surface area contributed by atoms with Crippen LogP contribution in [0.2, 0.25) is 10.0 Å². The molecule has 0 aromatic heterocycles. The topological polar surface area (TPSA) is 17.1 Å². The number of benzene rings is 2. The predicted octanol–water partition coefficient (Wildman–Crippen LogP) is 4.73. The smallest absolute Gasteiger partial charge is 0.167 e. The Labute approximate surface area is 116 Å². The molecule has 0 heterocycles. The first-order valence-electron chi connectivity index (χ1n) is 5.60. The zero-order valence-electron chi connectivity index (χ0n) is 9.91. The van der Waals surface area contributed by atoms with Crippen molar-refractivity contribution in [3.8, 4) is 0 Å². The number of aryl methyl sites for hydroxylation is 1. The van der Waals surface area contributed by atoms with Gasteiger partial charge in [-0.2, -0.15) is 0 Å². The number of rotatable bonds is 3. The zero-order chi connectivity index (χ0) is 13.1. The molecule has 0 atom stereocenters. The third-order valence-corrected chi connectivity index (χ3v) is 3.58. The fraction of sp³-hybridized carbons (Fsp3) is 0.133. The minimum absolute atomic E-state index is 0.0443. The largest absolute Gasteiger partial charge is 0.294 e. The van der Waals surface area contributed by atoms with E-state index in [2.05, 4.69) is 0 Å². The van der Waals surface area contributed by atoms with Crippen LogP contribution in [0.3, 0.4) is 0 Å². The summed E-state index contributed by atoms with van der Waals surface area (Å²) in [4.78, 5) is 12.1. The second kappa shape index (κ2) is 5.55. The van der Waals surface area contributed by atoms with Gasteiger partial charge in [-0.25, -0.2) is 0 Å². The van der Waals surface area contributed by atoms with Gasteiger partial charge in [0.05, 0.1) is 10.0 Å². The molecule has 0 fully saturated rings. The van der Waals surface area contributed by atoms with E-state index < -0.39 is 0 Å². The van der Waals surface area contributed by atoms with Gasteiger partial charge in [0.1, 0.15) is 0 Å². The monoisotopic (exact) mass is 278 g/mol. The van der Waals surface area contributed by atoms with Crippen LogP contribution in [0.1, 0.15) is 21.5 Å². The molecule has 2 aromatic carbocycles. The first kappa shape index (κ1) is 13.1. The van der Waals surface area contributed by atoms with Gasteiger partial charge >= 0.3 is 0 Å². The Balaban J connectivity index is 2.24. The number of hydrogen-bond acceptors (Lipinski definition) is 1. The van der Waals surface area contributed by atoms with Crippen molar-refractivity contribution < 1.29 is 4.79 Å². The number of carbonyl (C=O) groups excluding carboxylic acids is 1. The Morgan fingerprint density at radius 3 is 2.56 bits per heavy atom. The van der Waals surface area contributed by atoms with Crippen LogP contribution in [-0.4, -0.2) is 5.78 Å². The average molecular weight is 279 g/mol. The summed E-state index contributed by atoms with van der Waals surface area (Å²) >= 11 is 12.0. The molecule has 0 N–H and O–H groups in total. The van der Waals surface area contributed by atoms with Crippen LogP contribution in [0.5, 0.6) is 0 Å². The van der Waals surface area contributed by atoms with Gasteiger partial charge in [0.2, 0.25) is 0 Å². The molecular weight excluding hydrogens is 267 g/mol. The van der Waals surface area contributed by atoms with Crippen molar-refractivity contribution >= 4 is 29.0 Å². The molecule has 2 aromatic rings. The summed E-state index contributed by atoms with van der Waals surface area (Å²) in [5.41, 5.74) is 2.53. The van der Waals surface area contributed by atoms with E-state index in [0.717, 1.165) is 11.1 Å². The van der Waals surface area contributed by atoms with Crippen LogP contribution < -0.4 is 0 Å². The lowest BCUT2D eigenvalue weighted by Crippen LogP contribution is -2.04. The Kier molecular flexibility index (Phi) is 4.05. The lowest BCUT2D eigenvalue weighted by Gasteiger charge is -2.05. The SMILES string of the molecule is Cc1cccc(C(=O)Cc2cccc(Cl)c2Cl)c1. The molecule has 0 saturated carbocycles. The third-order valence-electron chi connectivity index (χ3n) is 2.72. The molecule has 0 aliphatic rings. The minimum Gasteiger partial charge on any atom is -0.294 e.